The van der Waals surface area contributed by atoms with Crippen LogP contribution in [0.5, 0.6) is 5.75 Å². The van der Waals surface area contributed by atoms with Crippen molar-refractivity contribution in [2.45, 2.75) is 51.6 Å². The van der Waals surface area contributed by atoms with Gasteiger partial charge in [0, 0.05) is 6.54 Å². The van der Waals surface area contributed by atoms with Crippen LogP contribution in [0.25, 0.3) is 0 Å². The van der Waals surface area contributed by atoms with Crippen LogP contribution in [0.4, 0.5) is 4.79 Å². The van der Waals surface area contributed by atoms with E-state index in [2.05, 4.69) is 12.2 Å². The van der Waals surface area contributed by atoms with Gasteiger partial charge in [-0.25, -0.2) is 9.69 Å². The van der Waals surface area contributed by atoms with Crippen molar-refractivity contribution in [1.29, 1.82) is 0 Å². The minimum absolute atomic E-state index is 0.0621. The number of imide groups is 1. The standard InChI is InChI=1S/C20H29N3O3/c1-4-26-17-7-5-16(6-8-17)13-22(3)14-23-18(24)20(21-19(23)25)11-9-15(2)10-12-20/h5-8,15H,4,9-14H2,1-3H3,(H,21,25). The highest BCUT2D eigenvalue weighted by atomic mass is 16.5. The van der Waals surface area contributed by atoms with Gasteiger partial charge in [0.25, 0.3) is 5.91 Å². The molecule has 1 aliphatic carbocycles. The van der Waals surface area contributed by atoms with E-state index in [1.165, 1.54) is 4.90 Å². The lowest BCUT2D eigenvalue weighted by Gasteiger charge is -2.33. The highest BCUT2D eigenvalue weighted by Crippen LogP contribution is 2.36. The Bertz CT molecular complexity index is 651. The van der Waals surface area contributed by atoms with Gasteiger partial charge in [0.15, 0.2) is 0 Å². The Labute approximate surface area is 155 Å². The van der Waals surface area contributed by atoms with E-state index in [1.54, 1.807) is 0 Å². The molecule has 6 nitrogen and oxygen atoms in total. The van der Waals surface area contributed by atoms with Gasteiger partial charge in [0.05, 0.1) is 13.3 Å². The first kappa shape index (κ1) is 18.7. The SMILES string of the molecule is CCOc1ccc(CN(C)CN2C(=O)NC3(CCC(C)CC3)C2=O)cc1. The van der Waals surface area contributed by atoms with Crippen LogP contribution in [0.2, 0.25) is 0 Å². The molecule has 2 fully saturated rings. The average molecular weight is 359 g/mol. The Morgan fingerprint density at radius 2 is 1.88 bits per heavy atom. The van der Waals surface area contributed by atoms with Gasteiger partial charge in [0.1, 0.15) is 11.3 Å². The lowest BCUT2D eigenvalue weighted by Crippen LogP contribution is -2.49. The van der Waals surface area contributed by atoms with Crippen LogP contribution in [0.1, 0.15) is 45.1 Å². The van der Waals surface area contributed by atoms with Crippen molar-refractivity contribution in [2.24, 2.45) is 5.92 Å². The van der Waals surface area contributed by atoms with Gasteiger partial charge in [-0.3, -0.25) is 9.69 Å². The van der Waals surface area contributed by atoms with E-state index < -0.39 is 5.54 Å². The monoisotopic (exact) mass is 359 g/mol. The molecule has 0 bridgehead atoms. The summed E-state index contributed by atoms with van der Waals surface area (Å²) in [5.41, 5.74) is 0.452. The van der Waals surface area contributed by atoms with Crippen LogP contribution in [0.15, 0.2) is 24.3 Å². The molecule has 1 spiro atoms. The van der Waals surface area contributed by atoms with Gasteiger partial charge >= 0.3 is 6.03 Å². The molecular formula is C20H29N3O3. The third kappa shape index (κ3) is 3.85. The van der Waals surface area contributed by atoms with E-state index in [0.717, 1.165) is 37.0 Å². The number of nitrogens with zero attached hydrogens (tertiary/aromatic N) is 2. The van der Waals surface area contributed by atoms with E-state index in [9.17, 15) is 9.59 Å². The summed E-state index contributed by atoms with van der Waals surface area (Å²) in [5, 5.41) is 2.97. The zero-order valence-electron chi connectivity index (χ0n) is 16.0. The van der Waals surface area contributed by atoms with Crippen molar-refractivity contribution in [2.75, 3.05) is 20.3 Å². The summed E-state index contributed by atoms with van der Waals surface area (Å²) in [6.07, 6.45) is 3.47. The number of urea groups is 1. The zero-order valence-corrected chi connectivity index (χ0v) is 16.0. The molecule has 6 heteroatoms. The normalized spacial score (nSPS) is 25.8. The number of carbonyl (C=O) groups excluding carboxylic acids is 2. The quantitative estimate of drug-likeness (QED) is 0.793. The maximum absolute atomic E-state index is 12.9. The number of nitrogens with one attached hydrogen (secondary N) is 1. The van der Waals surface area contributed by atoms with Crippen LogP contribution in [0.3, 0.4) is 0 Å². The predicted octanol–water partition coefficient (Wildman–Crippen LogP) is 2.98. The summed E-state index contributed by atoms with van der Waals surface area (Å²) in [7, 11) is 1.92. The number of carbonyl (C=O) groups is 2. The number of ether oxygens (including phenoxy) is 1. The Morgan fingerprint density at radius 3 is 2.50 bits per heavy atom. The Balaban J connectivity index is 1.59. The minimum atomic E-state index is -0.663. The second-order valence-electron chi connectivity index (χ2n) is 7.66. The molecule has 1 aromatic rings. The summed E-state index contributed by atoms with van der Waals surface area (Å²) in [6, 6.07) is 7.65. The second-order valence-corrected chi connectivity index (χ2v) is 7.66. The number of hydrogen-bond acceptors (Lipinski definition) is 4. The maximum Gasteiger partial charge on any atom is 0.326 e. The molecule has 0 unspecified atom stereocenters. The van der Waals surface area contributed by atoms with Crippen LogP contribution in [-0.4, -0.2) is 47.6 Å². The first-order valence-electron chi connectivity index (χ1n) is 9.48. The fraction of sp³-hybridized carbons (Fsp3) is 0.600. The summed E-state index contributed by atoms with van der Waals surface area (Å²) in [4.78, 5) is 28.6. The molecule has 1 heterocycles. The molecule has 1 aromatic carbocycles. The third-order valence-corrected chi connectivity index (χ3v) is 5.44. The minimum Gasteiger partial charge on any atom is -0.494 e. The molecule has 0 aromatic heterocycles. The summed E-state index contributed by atoms with van der Waals surface area (Å²) in [5.74, 6) is 1.41. The number of benzene rings is 1. The predicted molar refractivity (Wildman–Crippen MR) is 99.7 cm³/mol. The Morgan fingerprint density at radius 1 is 1.23 bits per heavy atom. The largest absolute Gasteiger partial charge is 0.494 e. The number of hydrogen-bond donors (Lipinski definition) is 1. The van der Waals surface area contributed by atoms with Gasteiger partial charge < -0.3 is 10.1 Å². The molecule has 1 saturated heterocycles. The van der Waals surface area contributed by atoms with E-state index in [1.807, 2.05) is 43.1 Å². The van der Waals surface area contributed by atoms with E-state index in [-0.39, 0.29) is 11.9 Å². The molecule has 3 amide bonds. The average Bonchev–Trinajstić information content (AvgIpc) is 2.84. The van der Waals surface area contributed by atoms with Crippen molar-refractivity contribution in [3.05, 3.63) is 29.8 Å². The van der Waals surface area contributed by atoms with Crippen LogP contribution < -0.4 is 10.1 Å². The van der Waals surface area contributed by atoms with Gasteiger partial charge in [-0.05, 0) is 63.3 Å². The van der Waals surface area contributed by atoms with E-state index in [0.29, 0.717) is 25.7 Å². The van der Waals surface area contributed by atoms with Gasteiger partial charge in [-0.15, -0.1) is 0 Å². The fourth-order valence-corrected chi connectivity index (χ4v) is 3.86. The third-order valence-electron chi connectivity index (χ3n) is 5.44. The summed E-state index contributed by atoms with van der Waals surface area (Å²) in [6.45, 7) is 5.77. The Kier molecular flexibility index (Phi) is 5.51. The maximum atomic E-state index is 12.9. The molecule has 2 aliphatic rings. The van der Waals surface area contributed by atoms with Gasteiger partial charge in [0.2, 0.25) is 0 Å². The van der Waals surface area contributed by atoms with Crippen molar-refractivity contribution in [1.82, 2.24) is 15.1 Å². The van der Waals surface area contributed by atoms with Gasteiger partial charge in [-0.1, -0.05) is 19.1 Å². The van der Waals surface area contributed by atoms with Crippen molar-refractivity contribution in [3.8, 4) is 5.75 Å². The van der Waals surface area contributed by atoms with E-state index >= 15 is 0 Å². The smallest absolute Gasteiger partial charge is 0.326 e. The zero-order chi connectivity index (χ0) is 18.7. The lowest BCUT2D eigenvalue weighted by molar-refractivity contribution is -0.134. The summed E-state index contributed by atoms with van der Waals surface area (Å²) < 4.78 is 5.45. The first-order chi connectivity index (χ1) is 12.4. The highest BCUT2D eigenvalue weighted by molar-refractivity contribution is 6.07. The Hall–Kier alpha value is -2.08. The first-order valence-corrected chi connectivity index (χ1v) is 9.48. The molecule has 0 atom stereocenters. The van der Waals surface area contributed by atoms with E-state index in [4.69, 9.17) is 4.74 Å². The lowest BCUT2D eigenvalue weighted by atomic mass is 9.77. The molecule has 142 valence electrons. The molecule has 0 radical (unpaired) electrons. The molecule has 1 aliphatic heterocycles. The van der Waals surface area contributed by atoms with Crippen LogP contribution in [0, 0.1) is 5.92 Å². The van der Waals surface area contributed by atoms with Crippen molar-refractivity contribution >= 4 is 11.9 Å². The molecule has 1 saturated carbocycles. The summed E-state index contributed by atoms with van der Waals surface area (Å²) >= 11 is 0. The number of rotatable bonds is 6. The van der Waals surface area contributed by atoms with Gasteiger partial charge in [-0.2, -0.15) is 0 Å². The van der Waals surface area contributed by atoms with Crippen LogP contribution in [-0.2, 0) is 11.3 Å². The highest BCUT2D eigenvalue weighted by Gasteiger charge is 2.52. The molecular weight excluding hydrogens is 330 g/mol. The van der Waals surface area contributed by atoms with Crippen LogP contribution >= 0.6 is 0 Å². The molecule has 3 rings (SSSR count). The topological polar surface area (TPSA) is 61.9 Å². The fourth-order valence-electron chi connectivity index (χ4n) is 3.86. The van der Waals surface area contributed by atoms with Crippen molar-refractivity contribution in [3.63, 3.8) is 0 Å². The molecule has 26 heavy (non-hydrogen) atoms. The number of amides is 3. The molecule has 1 N–H and O–H groups in total. The second kappa shape index (κ2) is 7.66. The van der Waals surface area contributed by atoms with Crippen molar-refractivity contribution < 1.29 is 14.3 Å².